The first-order chi connectivity index (χ1) is 15.6. The Hall–Kier alpha value is -2.35. The second kappa shape index (κ2) is 12.2. The van der Waals surface area contributed by atoms with Gasteiger partial charge in [0.1, 0.15) is 12.4 Å². The molecule has 4 atom stereocenters. The lowest BCUT2D eigenvalue weighted by Crippen LogP contribution is -2.44. The maximum absolute atomic E-state index is 13.5. The van der Waals surface area contributed by atoms with E-state index in [0.29, 0.717) is 5.65 Å². The number of hydrogen-bond donors (Lipinski definition) is 5. The molecule has 0 radical (unpaired) electrons. The largest absolute Gasteiger partial charge is 0.465 e. The maximum atomic E-state index is 13.5. The number of nitrogens with one attached hydrogen (secondary N) is 3. The third-order valence-corrected chi connectivity index (χ3v) is 6.64. The molecular formula is C18H32N7O7P. The molecule has 186 valence electrons. The summed E-state index contributed by atoms with van der Waals surface area (Å²) < 4.78 is 30.8. The highest BCUT2D eigenvalue weighted by Crippen LogP contribution is 2.38. The lowest BCUT2D eigenvalue weighted by atomic mass is 10.3. The van der Waals surface area contributed by atoms with Crippen LogP contribution in [0, 0.1) is 0 Å². The number of carbonyl (C=O) groups is 1. The Morgan fingerprint density at radius 2 is 2.06 bits per heavy atom. The number of fused-ring (bicyclic) bond motifs is 1. The maximum Gasteiger partial charge on any atom is 0.323 e. The van der Waals surface area contributed by atoms with Gasteiger partial charge in [0, 0.05) is 13.2 Å². The molecule has 0 bridgehead atoms. The molecule has 15 heteroatoms. The fourth-order valence-electron chi connectivity index (χ4n) is 2.94. The van der Waals surface area contributed by atoms with E-state index in [1.165, 1.54) is 13.3 Å². The summed E-state index contributed by atoms with van der Waals surface area (Å²) in [5, 5.41) is 15.5. The van der Waals surface area contributed by atoms with Crippen LogP contribution in [-0.2, 0) is 30.1 Å². The average molecular weight is 489 g/mol. The predicted molar refractivity (Wildman–Crippen MR) is 120 cm³/mol. The van der Waals surface area contributed by atoms with Crippen molar-refractivity contribution in [2.45, 2.75) is 52.6 Å². The number of nitrogen functional groups attached to an aromatic ring is 1. The Kier molecular flexibility index (Phi) is 9.95. The van der Waals surface area contributed by atoms with Crippen molar-refractivity contribution in [2.75, 3.05) is 31.9 Å². The number of H-pyrrole nitrogens is 1. The number of aromatic nitrogens is 4. The zero-order valence-electron chi connectivity index (χ0n) is 19.1. The molecule has 0 aromatic carbocycles. The third-order valence-electron chi connectivity index (χ3n) is 4.46. The number of imidazole rings is 1. The number of nitrogens with zero attached hydrogens (tertiary/aromatic N) is 3. The van der Waals surface area contributed by atoms with E-state index in [9.17, 15) is 19.3 Å². The highest BCUT2D eigenvalue weighted by atomic mass is 31.2. The summed E-state index contributed by atoms with van der Waals surface area (Å²) in [6, 6.07) is -1.61. The fraction of sp³-hybridized carbons (Fsp3) is 0.667. The van der Waals surface area contributed by atoms with Gasteiger partial charge in [-0.25, -0.2) is 15.2 Å². The Bertz CT molecular complexity index is 1030. The van der Waals surface area contributed by atoms with Crippen LogP contribution in [0.5, 0.6) is 0 Å². The van der Waals surface area contributed by atoms with Gasteiger partial charge in [-0.1, -0.05) is 0 Å². The summed E-state index contributed by atoms with van der Waals surface area (Å²) >= 11 is 0. The van der Waals surface area contributed by atoms with Crippen LogP contribution in [0.4, 0.5) is 5.95 Å². The molecule has 0 amide bonds. The molecule has 6 N–H and O–H groups in total. The monoisotopic (exact) mass is 489 g/mol. The number of rotatable bonds is 14. The second-order valence-electron chi connectivity index (χ2n) is 7.20. The van der Waals surface area contributed by atoms with Gasteiger partial charge in [0.05, 0.1) is 25.6 Å². The highest BCUT2D eigenvalue weighted by molar-refractivity contribution is 7.59. The molecule has 2 aromatic rings. The van der Waals surface area contributed by atoms with E-state index in [-0.39, 0.29) is 44.2 Å². The van der Waals surface area contributed by atoms with Crippen molar-refractivity contribution in [3.8, 4) is 0 Å². The van der Waals surface area contributed by atoms with Crippen molar-refractivity contribution in [2.24, 2.45) is 0 Å². The predicted octanol–water partition coefficient (Wildman–Crippen LogP) is -0.257. The summed E-state index contributed by atoms with van der Waals surface area (Å²) in [6.07, 6.45) is -0.0901. The average Bonchev–Trinajstić information content (AvgIpc) is 3.14. The summed E-state index contributed by atoms with van der Waals surface area (Å²) in [5.41, 5.74) is 5.57. The normalized spacial score (nSPS) is 16.3. The minimum atomic E-state index is -3.54. The van der Waals surface area contributed by atoms with Crippen LogP contribution in [0.15, 0.2) is 11.1 Å². The van der Waals surface area contributed by atoms with Crippen molar-refractivity contribution in [1.29, 1.82) is 0 Å². The molecule has 33 heavy (non-hydrogen) atoms. The second-order valence-corrected chi connectivity index (χ2v) is 9.46. The third kappa shape index (κ3) is 7.59. The van der Waals surface area contributed by atoms with Crippen molar-refractivity contribution in [1.82, 2.24) is 29.7 Å². The number of aliphatic hydroxyl groups excluding tert-OH is 1. The fourth-order valence-corrected chi connectivity index (χ4v) is 5.07. The minimum Gasteiger partial charge on any atom is -0.465 e. The number of aromatic amines is 1. The van der Waals surface area contributed by atoms with Gasteiger partial charge in [-0.05, 0) is 27.7 Å². The van der Waals surface area contributed by atoms with Crippen LogP contribution in [0.2, 0.25) is 0 Å². The van der Waals surface area contributed by atoms with Gasteiger partial charge in [-0.2, -0.15) is 4.98 Å². The lowest BCUT2D eigenvalue weighted by molar-refractivity contribution is -0.144. The van der Waals surface area contributed by atoms with E-state index in [1.807, 2.05) is 0 Å². The van der Waals surface area contributed by atoms with Crippen LogP contribution < -0.4 is 21.5 Å². The topological polar surface area (TPSA) is 196 Å². The molecule has 0 aliphatic rings. The zero-order chi connectivity index (χ0) is 24.6. The Morgan fingerprint density at radius 1 is 1.33 bits per heavy atom. The Morgan fingerprint density at radius 3 is 2.73 bits per heavy atom. The molecule has 14 nitrogen and oxygen atoms in total. The molecule has 0 spiro atoms. The SMILES string of the molecule is CCOC(=O)C(C)NP(=O)(COCCn1cnc2c(=O)[nH]c(N)nc21)NC(C)C(O)OCC. The molecule has 0 saturated carbocycles. The summed E-state index contributed by atoms with van der Waals surface area (Å²) in [7, 11) is -3.54. The van der Waals surface area contributed by atoms with Crippen LogP contribution in [-0.4, -0.2) is 75.1 Å². The van der Waals surface area contributed by atoms with Gasteiger partial charge in [0.25, 0.3) is 5.56 Å². The number of esters is 1. The van der Waals surface area contributed by atoms with Gasteiger partial charge < -0.3 is 29.6 Å². The first-order valence-corrected chi connectivity index (χ1v) is 12.4. The van der Waals surface area contributed by atoms with E-state index in [1.54, 1.807) is 25.3 Å². The number of aliphatic hydroxyl groups is 1. The van der Waals surface area contributed by atoms with Gasteiger partial charge in [0.2, 0.25) is 13.4 Å². The first kappa shape index (κ1) is 26.9. The molecule has 2 rings (SSSR count). The van der Waals surface area contributed by atoms with Crippen LogP contribution >= 0.6 is 7.44 Å². The van der Waals surface area contributed by atoms with Crippen LogP contribution in [0.3, 0.4) is 0 Å². The molecule has 4 unspecified atom stereocenters. The van der Waals surface area contributed by atoms with Crippen molar-refractivity contribution in [3.63, 3.8) is 0 Å². The Labute approximate surface area is 190 Å². The molecule has 0 aliphatic carbocycles. The van der Waals surface area contributed by atoms with E-state index in [0.717, 1.165) is 0 Å². The smallest absolute Gasteiger partial charge is 0.323 e. The van der Waals surface area contributed by atoms with E-state index < -0.39 is 37.3 Å². The zero-order valence-corrected chi connectivity index (χ0v) is 20.0. The minimum absolute atomic E-state index is 0.0390. The standard InChI is InChI=1S/C18H32N7O7P/c1-5-31-16(27)11(3)23-33(29,24-12(4)17(28)32-6-2)10-30-8-7-25-9-20-13-14(25)21-18(19)22-15(13)26/h9,11-12,16,27H,5-8,10H2,1-4H3,(H2,23,24,29)(H3,19,21,22,26). The van der Waals surface area contributed by atoms with Crippen molar-refractivity contribution in [3.05, 3.63) is 16.7 Å². The lowest BCUT2D eigenvalue weighted by Gasteiger charge is -2.28. The number of anilines is 1. The number of ether oxygens (including phenoxy) is 3. The number of carbonyl (C=O) groups excluding carboxylic acids is 1. The summed E-state index contributed by atoms with van der Waals surface area (Å²) in [5.74, 6) is -0.612. The Balaban J connectivity index is 2.05. The van der Waals surface area contributed by atoms with Crippen molar-refractivity contribution < 1.29 is 28.7 Å². The van der Waals surface area contributed by atoms with Crippen LogP contribution in [0.25, 0.3) is 11.2 Å². The highest BCUT2D eigenvalue weighted by Gasteiger charge is 2.31. The molecule has 2 heterocycles. The van der Waals surface area contributed by atoms with Gasteiger partial charge >= 0.3 is 5.97 Å². The van der Waals surface area contributed by atoms with Crippen LogP contribution in [0.1, 0.15) is 27.7 Å². The molecule has 0 aliphatic heterocycles. The molecule has 0 saturated heterocycles. The quantitative estimate of drug-likeness (QED) is 0.101. The van der Waals surface area contributed by atoms with E-state index in [2.05, 4.69) is 25.1 Å². The molecule has 2 aromatic heterocycles. The number of hydrogen-bond acceptors (Lipinski definition) is 10. The van der Waals surface area contributed by atoms with E-state index in [4.69, 9.17) is 19.9 Å². The summed E-state index contributed by atoms with van der Waals surface area (Å²) in [6.45, 7) is 7.27. The summed E-state index contributed by atoms with van der Waals surface area (Å²) in [4.78, 5) is 34.3. The molecule has 0 fully saturated rings. The van der Waals surface area contributed by atoms with Crippen molar-refractivity contribution >= 4 is 30.5 Å². The first-order valence-electron chi connectivity index (χ1n) is 10.5. The van der Waals surface area contributed by atoms with Gasteiger partial charge in [-0.3, -0.25) is 19.1 Å². The molecular weight excluding hydrogens is 457 g/mol. The number of nitrogens with two attached hydrogens (primary N) is 1. The van der Waals surface area contributed by atoms with E-state index >= 15 is 0 Å². The van der Waals surface area contributed by atoms with Gasteiger partial charge in [0.15, 0.2) is 17.5 Å². The van der Waals surface area contributed by atoms with Gasteiger partial charge in [-0.15, -0.1) is 0 Å².